The Morgan fingerprint density at radius 2 is 1.60 bits per heavy atom. The first-order valence-corrected chi connectivity index (χ1v) is 15.2. The molecule has 1 saturated carbocycles. The summed E-state index contributed by atoms with van der Waals surface area (Å²) in [7, 11) is 0. The average molecular weight is 644 g/mol. The molecule has 1 aromatic heterocycles. The molecule has 2 aromatic rings. The Morgan fingerprint density at radius 1 is 1.02 bits per heavy atom. The largest absolute Gasteiger partial charge is 0.481 e. The molecule has 248 valence electrons. The van der Waals surface area contributed by atoms with Crippen molar-refractivity contribution in [2.24, 2.45) is 11.8 Å². The Labute approximate surface area is 258 Å². The molecule has 0 radical (unpaired) electrons. The molecule has 1 aromatic carbocycles. The highest BCUT2D eigenvalue weighted by Gasteiger charge is 2.43. The zero-order valence-electron chi connectivity index (χ0n) is 25.7. The van der Waals surface area contributed by atoms with E-state index in [1.807, 2.05) is 32.9 Å². The van der Waals surface area contributed by atoms with Gasteiger partial charge in [-0.25, -0.2) is 4.79 Å². The SMILES string of the molecule is CCN(CC1CCC(CC(=O)O)CC1)c1ccc(C(C)C)nc1CN1C(=O)OC(c2cc(C(F)(F)F)cc(C(F)(F)F)c2)[C@@H]1C. The number of nitrogens with zero attached hydrogens (tertiary/aromatic N) is 3. The number of ether oxygens (including phenoxy) is 1. The number of aromatic nitrogens is 1. The van der Waals surface area contributed by atoms with Crippen molar-refractivity contribution in [2.45, 2.75) is 96.8 Å². The topological polar surface area (TPSA) is 83.0 Å². The Hall–Kier alpha value is -3.51. The Bertz CT molecular complexity index is 1340. The molecule has 2 heterocycles. The van der Waals surface area contributed by atoms with Crippen LogP contribution in [-0.2, 0) is 28.4 Å². The number of cyclic esters (lactones) is 1. The lowest BCUT2D eigenvalue weighted by Gasteiger charge is -2.34. The Morgan fingerprint density at radius 3 is 2.11 bits per heavy atom. The van der Waals surface area contributed by atoms with E-state index in [2.05, 4.69) is 4.90 Å². The Kier molecular flexibility index (Phi) is 10.3. The van der Waals surface area contributed by atoms with Crippen molar-refractivity contribution in [1.82, 2.24) is 9.88 Å². The maximum atomic E-state index is 13.5. The fourth-order valence-corrected chi connectivity index (χ4v) is 6.28. The molecule has 1 unspecified atom stereocenters. The summed E-state index contributed by atoms with van der Waals surface area (Å²) in [6, 6.07) is 4.20. The highest BCUT2D eigenvalue weighted by atomic mass is 19.4. The molecule has 2 fully saturated rings. The molecule has 0 spiro atoms. The molecular formula is C32H39F6N3O4. The monoisotopic (exact) mass is 643 g/mol. The number of aliphatic carboxylic acids is 1. The minimum absolute atomic E-state index is 0.0499. The first-order chi connectivity index (χ1) is 21.0. The van der Waals surface area contributed by atoms with Crippen LogP contribution in [0.4, 0.5) is 36.8 Å². The van der Waals surface area contributed by atoms with E-state index in [4.69, 9.17) is 14.8 Å². The summed E-state index contributed by atoms with van der Waals surface area (Å²) in [6.07, 6.45) is -8.69. The van der Waals surface area contributed by atoms with Gasteiger partial charge >= 0.3 is 24.4 Å². The molecule has 45 heavy (non-hydrogen) atoms. The molecule has 1 aliphatic carbocycles. The first-order valence-electron chi connectivity index (χ1n) is 15.2. The van der Waals surface area contributed by atoms with E-state index in [9.17, 15) is 35.9 Å². The van der Waals surface area contributed by atoms with Crippen LogP contribution in [0.2, 0.25) is 0 Å². The van der Waals surface area contributed by atoms with Gasteiger partial charge in [0.05, 0.1) is 35.1 Å². The van der Waals surface area contributed by atoms with Gasteiger partial charge in [0, 0.05) is 25.2 Å². The van der Waals surface area contributed by atoms with E-state index in [1.54, 1.807) is 0 Å². The Balaban J connectivity index is 1.60. The van der Waals surface area contributed by atoms with Crippen LogP contribution in [0, 0.1) is 11.8 Å². The lowest BCUT2D eigenvalue weighted by molar-refractivity contribution is -0.143. The van der Waals surface area contributed by atoms with E-state index >= 15 is 0 Å². The fourth-order valence-electron chi connectivity index (χ4n) is 6.28. The summed E-state index contributed by atoms with van der Waals surface area (Å²) in [5.74, 6) is -0.244. The minimum Gasteiger partial charge on any atom is -0.481 e. The predicted octanol–water partition coefficient (Wildman–Crippen LogP) is 8.43. The number of anilines is 1. The normalized spacial score (nSPS) is 22.6. The van der Waals surface area contributed by atoms with Crippen LogP contribution in [0.15, 0.2) is 30.3 Å². The number of carbonyl (C=O) groups is 2. The number of pyridine rings is 1. The van der Waals surface area contributed by atoms with Crippen LogP contribution >= 0.6 is 0 Å². The van der Waals surface area contributed by atoms with Crippen LogP contribution in [0.3, 0.4) is 0 Å². The van der Waals surface area contributed by atoms with Crippen LogP contribution in [0.25, 0.3) is 0 Å². The summed E-state index contributed by atoms with van der Waals surface area (Å²) in [6.45, 7) is 8.71. The highest BCUT2D eigenvalue weighted by Crippen LogP contribution is 2.41. The third-order valence-corrected chi connectivity index (χ3v) is 8.84. The van der Waals surface area contributed by atoms with Crippen molar-refractivity contribution in [1.29, 1.82) is 0 Å². The second-order valence-electron chi connectivity index (χ2n) is 12.4. The van der Waals surface area contributed by atoms with Crippen molar-refractivity contribution < 1.29 is 45.8 Å². The maximum absolute atomic E-state index is 13.5. The van der Waals surface area contributed by atoms with E-state index in [1.165, 1.54) is 11.8 Å². The number of carboxylic acid groups (broad SMARTS) is 1. The molecule has 1 aliphatic heterocycles. The highest BCUT2D eigenvalue weighted by molar-refractivity contribution is 5.71. The van der Waals surface area contributed by atoms with Gasteiger partial charge in [-0.1, -0.05) is 13.8 Å². The minimum atomic E-state index is -5.03. The molecule has 1 N–H and O–H groups in total. The predicted molar refractivity (Wildman–Crippen MR) is 155 cm³/mol. The molecule has 2 aliphatic rings. The lowest BCUT2D eigenvalue weighted by Crippen LogP contribution is -2.35. The standard InChI is InChI=1S/C32H39F6N3O4/c1-5-40(16-21-8-6-20(7-9-21)12-28(42)43)27-11-10-25(18(2)3)39-26(27)17-41-19(4)29(45-30(41)44)22-13-23(31(33,34)35)15-24(14-22)32(36,37)38/h10-11,13-15,18-21,29H,5-9,12,16-17H2,1-4H3,(H,42,43)/t19-,20?,21?,29?/m0/s1. The van der Waals surface area contributed by atoms with E-state index in [0.717, 1.165) is 37.1 Å². The summed E-state index contributed by atoms with van der Waals surface area (Å²) >= 11 is 0. The average Bonchev–Trinajstić information content (AvgIpc) is 3.24. The summed E-state index contributed by atoms with van der Waals surface area (Å²) in [5, 5.41) is 9.14. The van der Waals surface area contributed by atoms with Gasteiger partial charge in [-0.15, -0.1) is 0 Å². The van der Waals surface area contributed by atoms with Gasteiger partial charge in [0.1, 0.15) is 6.10 Å². The lowest BCUT2D eigenvalue weighted by atomic mass is 9.80. The second kappa shape index (κ2) is 13.5. The van der Waals surface area contributed by atoms with Gasteiger partial charge in [0.15, 0.2) is 0 Å². The summed E-state index contributed by atoms with van der Waals surface area (Å²) in [4.78, 5) is 32.5. The second-order valence-corrected chi connectivity index (χ2v) is 12.4. The molecule has 0 bridgehead atoms. The van der Waals surface area contributed by atoms with Crippen LogP contribution < -0.4 is 4.90 Å². The number of benzene rings is 1. The van der Waals surface area contributed by atoms with Crippen LogP contribution in [-0.4, -0.2) is 46.2 Å². The van der Waals surface area contributed by atoms with Crippen molar-refractivity contribution in [3.05, 3.63) is 58.4 Å². The number of carbonyl (C=O) groups excluding carboxylic acids is 1. The van der Waals surface area contributed by atoms with E-state index in [-0.39, 0.29) is 30.9 Å². The van der Waals surface area contributed by atoms with Crippen molar-refractivity contribution in [3.63, 3.8) is 0 Å². The molecule has 1 saturated heterocycles. The quantitative estimate of drug-likeness (QED) is 0.262. The number of halogens is 6. The van der Waals surface area contributed by atoms with E-state index < -0.39 is 53.3 Å². The number of carboxylic acids is 1. The van der Waals surface area contributed by atoms with Gasteiger partial charge in [0.25, 0.3) is 0 Å². The number of hydrogen-bond donors (Lipinski definition) is 1. The third kappa shape index (κ3) is 8.21. The van der Waals surface area contributed by atoms with Crippen molar-refractivity contribution in [2.75, 3.05) is 18.0 Å². The molecule has 13 heteroatoms. The fraction of sp³-hybridized carbons (Fsp3) is 0.594. The zero-order valence-corrected chi connectivity index (χ0v) is 25.7. The van der Waals surface area contributed by atoms with Gasteiger partial charge < -0.3 is 14.7 Å². The molecule has 1 amide bonds. The number of alkyl halides is 6. The van der Waals surface area contributed by atoms with Crippen molar-refractivity contribution in [3.8, 4) is 0 Å². The number of hydrogen-bond acceptors (Lipinski definition) is 5. The van der Waals surface area contributed by atoms with Crippen molar-refractivity contribution >= 4 is 17.7 Å². The third-order valence-electron chi connectivity index (χ3n) is 8.84. The molecule has 4 rings (SSSR count). The first kappa shape index (κ1) is 34.4. The van der Waals surface area contributed by atoms with Gasteiger partial charge in [-0.05, 0) is 93.2 Å². The van der Waals surface area contributed by atoms with Crippen LogP contribution in [0.5, 0.6) is 0 Å². The maximum Gasteiger partial charge on any atom is 0.416 e. The summed E-state index contributed by atoms with van der Waals surface area (Å²) in [5.41, 5.74) is -1.25. The van der Waals surface area contributed by atoms with Gasteiger partial charge in [0.2, 0.25) is 0 Å². The van der Waals surface area contributed by atoms with Crippen LogP contribution in [0.1, 0.15) is 99.9 Å². The van der Waals surface area contributed by atoms with Gasteiger partial charge in [-0.3, -0.25) is 14.7 Å². The molecule has 7 nitrogen and oxygen atoms in total. The smallest absolute Gasteiger partial charge is 0.416 e. The van der Waals surface area contributed by atoms with E-state index in [0.29, 0.717) is 36.8 Å². The number of amides is 1. The van der Waals surface area contributed by atoms with Gasteiger partial charge in [-0.2, -0.15) is 26.3 Å². The zero-order chi connectivity index (χ0) is 33.3. The number of rotatable bonds is 10. The molecule has 2 atom stereocenters. The summed E-state index contributed by atoms with van der Waals surface area (Å²) < 4.78 is 86.6. The molecular weight excluding hydrogens is 604 g/mol.